The van der Waals surface area contributed by atoms with Crippen LogP contribution in [0.25, 0.3) is 11.0 Å². The number of imidazole rings is 1. The summed E-state index contributed by atoms with van der Waals surface area (Å²) in [4.78, 5) is 27.7. The van der Waals surface area contributed by atoms with Crippen LogP contribution in [0.15, 0.2) is 36.4 Å². The molecule has 1 amide bonds. The zero-order valence-electron chi connectivity index (χ0n) is 18.0. The topological polar surface area (TPSA) is 136 Å². The Labute approximate surface area is 195 Å². The number of nitrogens with zero attached hydrogens (tertiary/aromatic N) is 3. The van der Waals surface area contributed by atoms with E-state index in [1.165, 1.54) is 12.1 Å². The molecule has 1 heterocycles. The molecular weight excluding hydrogens is 446 g/mol. The number of aliphatic hydroxyl groups is 1. The second kappa shape index (κ2) is 9.76. The number of hydrogen-bond acceptors (Lipinski definition) is 6. The fourth-order valence-electron chi connectivity index (χ4n) is 4.47. The number of non-ortho nitro benzene ring substituents is 1. The van der Waals surface area contributed by atoms with Crippen LogP contribution in [0, 0.1) is 16.0 Å². The van der Waals surface area contributed by atoms with Gasteiger partial charge < -0.3 is 20.7 Å². The van der Waals surface area contributed by atoms with Gasteiger partial charge in [0.25, 0.3) is 5.69 Å². The summed E-state index contributed by atoms with van der Waals surface area (Å²) in [5.41, 5.74) is 6.60. The van der Waals surface area contributed by atoms with Crippen molar-refractivity contribution in [2.24, 2.45) is 11.7 Å². The Kier molecular flexibility index (Phi) is 6.80. The molecule has 4 N–H and O–H groups in total. The predicted molar refractivity (Wildman–Crippen MR) is 126 cm³/mol. The van der Waals surface area contributed by atoms with Crippen molar-refractivity contribution in [1.29, 1.82) is 0 Å². The summed E-state index contributed by atoms with van der Waals surface area (Å²) in [6.07, 6.45) is 4.03. The number of aliphatic hydroxyl groups excluding tert-OH is 1. The van der Waals surface area contributed by atoms with Crippen LogP contribution >= 0.6 is 11.6 Å². The minimum Gasteiger partial charge on any atom is -0.393 e. The minimum atomic E-state index is -0.765. The molecule has 0 aliphatic heterocycles. The summed E-state index contributed by atoms with van der Waals surface area (Å²) < 4.78 is 1.74. The maximum Gasteiger partial charge on any atom is 0.296 e. The molecule has 0 radical (unpaired) electrons. The molecule has 0 unspecified atom stereocenters. The Balaban J connectivity index is 1.81. The van der Waals surface area contributed by atoms with Gasteiger partial charge in [-0.05, 0) is 30.5 Å². The number of halogens is 1. The van der Waals surface area contributed by atoms with Gasteiger partial charge in [-0.15, -0.1) is 0 Å². The van der Waals surface area contributed by atoms with Gasteiger partial charge >= 0.3 is 0 Å². The molecule has 10 heteroatoms. The molecular formula is C23H26ClN5O4. The van der Waals surface area contributed by atoms with Crippen molar-refractivity contribution >= 4 is 40.2 Å². The van der Waals surface area contributed by atoms with Gasteiger partial charge in [0.15, 0.2) is 0 Å². The van der Waals surface area contributed by atoms with Crippen LogP contribution in [0.2, 0.25) is 5.02 Å². The highest BCUT2D eigenvalue weighted by Gasteiger charge is 2.28. The summed E-state index contributed by atoms with van der Waals surface area (Å²) in [5, 5.41) is 26.4. The van der Waals surface area contributed by atoms with Crippen LogP contribution in [0.3, 0.4) is 0 Å². The number of nitro benzene ring substituents is 1. The van der Waals surface area contributed by atoms with Gasteiger partial charge in [0, 0.05) is 35.7 Å². The first kappa shape index (κ1) is 23.0. The average molecular weight is 472 g/mol. The van der Waals surface area contributed by atoms with Crippen molar-refractivity contribution in [2.75, 3.05) is 5.32 Å². The largest absolute Gasteiger partial charge is 0.393 e. The van der Waals surface area contributed by atoms with Gasteiger partial charge in [0.2, 0.25) is 11.9 Å². The zero-order valence-corrected chi connectivity index (χ0v) is 18.8. The fraction of sp³-hybridized carbons (Fsp3) is 0.391. The molecule has 1 aliphatic rings. The third-order valence-electron chi connectivity index (χ3n) is 6.23. The number of fused-ring (bicyclic) bond motifs is 1. The van der Waals surface area contributed by atoms with Crippen molar-refractivity contribution in [3.8, 4) is 0 Å². The van der Waals surface area contributed by atoms with E-state index in [0.29, 0.717) is 41.5 Å². The van der Waals surface area contributed by atoms with Crippen molar-refractivity contribution in [3.05, 3.63) is 62.7 Å². The molecule has 2 aromatic carbocycles. The first-order valence-electron chi connectivity index (χ1n) is 11.0. The van der Waals surface area contributed by atoms with E-state index in [1.54, 1.807) is 10.6 Å². The smallest absolute Gasteiger partial charge is 0.296 e. The number of rotatable bonds is 7. The Morgan fingerprint density at radius 2 is 2.03 bits per heavy atom. The number of nitrogens with one attached hydrogen (secondary N) is 1. The molecule has 174 valence electrons. The summed E-state index contributed by atoms with van der Waals surface area (Å²) >= 11 is 6.28. The van der Waals surface area contributed by atoms with Crippen molar-refractivity contribution in [1.82, 2.24) is 9.55 Å². The number of hydrogen-bond donors (Lipinski definition) is 3. The highest BCUT2D eigenvalue weighted by molar-refractivity contribution is 6.31. The lowest BCUT2D eigenvalue weighted by atomic mass is 9.97. The third-order valence-corrected chi connectivity index (χ3v) is 6.60. The van der Waals surface area contributed by atoms with E-state index in [4.69, 9.17) is 17.3 Å². The van der Waals surface area contributed by atoms with E-state index >= 15 is 0 Å². The number of amides is 1. The van der Waals surface area contributed by atoms with E-state index in [9.17, 15) is 20.0 Å². The molecule has 33 heavy (non-hydrogen) atoms. The fourth-order valence-corrected chi connectivity index (χ4v) is 4.67. The van der Waals surface area contributed by atoms with Crippen LogP contribution in [0.5, 0.6) is 0 Å². The van der Waals surface area contributed by atoms with E-state index in [1.807, 2.05) is 18.2 Å². The quantitative estimate of drug-likeness (QED) is 0.267. The maximum absolute atomic E-state index is 11.9. The van der Waals surface area contributed by atoms with Crippen LogP contribution in [-0.4, -0.2) is 31.6 Å². The number of anilines is 1. The summed E-state index contributed by atoms with van der Waals surface area (Å²) in [6.45, 7) is 0.714. The molecule has 2 atom stereocenters. The van der Waals surface area contributed by atoms with Crippen molar-refractivity contribution < 1.29 is 14.8 Å². The lowest BCUT2D eigenvalue weighted by Gasteiger charge is -2.22. The molecule has 1 saturated carbocycles. The van der Waals surface area contributed by atoms with Gasteiger partial charge in [-0.25, -0.2) is 4.98 Å². The Bertz CT molecular complexity index is 1200. The zero-order chi connectivity index (χ0) is 23.5. The number of nitro groups is 1. The standard InChI is InChI=1S/C23H26ClN5O4/c24-17-8-5-4-6-14(17)12-26-23-27-18-10-16(22(25)31)11-19(29(32)33)21(18)28(23)13-15-7-2-1-3-9-20(15)30/h4-6,8,10-11,15,20,30H,1-3,7,9,12-13H2,(H2,25,31)(H,26,27)/t15-,20-/m1/s1. The Morgan fingerprint density at radius 3 is 2.76 bits per heavy atom. The predicted octanol–water partition coefficient (Wildman–Crippen LogP) is 4.25. The van der Waals surface area contributed by atoms with Gasteiger partial charge in [0.05, 0.1) is 16.5 Å². The molecule has 9 nitrogen and oxygen atoms in total. The molecule has 1 aliphatic carbocycles. The first-order valence-corrected chi connectivity index (χ1v) is 11.4. The van der Waals surface area contributed by atoms with Crippen LogP contribution < -0.4 is 11.1 Å². The summed E-state index contributed by atoms with van der Waals surface area (Å²) in [7, 11) is 0. The van der Waals surface area contributed by atoms with Crippen LogP contribution in [-0.2, 0) is 13.1 Å². The lowest BCUT2D eigenvalue weighted by molar-refractivity contribution is -0.383. The Hall–Kier alpha value is -3.17. The number of nitrogens with two attached hydrogens (primary N) is 1. The second-order valence-corrected chi connectivity index (χ2v) is 8.85. The maximum atomic E-state index is 11.9. The first-order chi connectivity index (χ1) is 15.8. The normalized spacial score (nSPS) is 18.7. The average Bonchev–Trinajstić information content (AvgIpc) is 2.99. The molecule has 1 fully saturated rings. The number of aromatic nitrogens is 2. The molecule has 1 aromatic heterocycles. The molecule has 4 rings (SSSR count). The lowest BCUT2D eigenvalue weighted by Crippen LogP contribution is -2.25. The highest BCUT2D eigenvalue weighted by atomic mass is 35.5. The second-order valence-electron chi connectivity index (χ2n) is 8.44. The van der Waals surface area contributed by atoms with E-state index in [2.05, 4.69) is 10.3 Å². The number of primary amides is 1. The van der Waals surface area contributed by atoms with E-state index in [-0.39, 0.29) is 17.2 Å². The van der Waals surface area contributed by atoms with Gasteiger partial charge in [-0.2, -0.15) is 0 Å². The van der Waals surface area contributed by atoms with Crippen molar-refractivity contribution in [2.45, 2.75) is 51.3 Å². The monoisotopic (exact) mass is 471 g/mol. The van der Waals surface area contributed by atoms with E-state index < -0.39 is 16.9 Å². The van der Waals surface area contributed by atoms with Crippen LogP contribution in [0.4, 0.5) is 11.6 Å². The number of benzene rings is 2. The number of carbonyl (C=O) groups excluding carboxylic acids is 1. The van der Waals surface area contributed by atoms with Gasteiger partial charge in [-0.3, -0.25) is 14.9 Å². The van der Waals surface area contributed by atoms with Gasteiger partial charge in [0.1, 0.15) is 5.52 Å². The third kappa shape index (κ3) is 4.94. The molecule has 0 bridgehead atoms. The number of carbonyl (C=O) groups is 1. The van der Waals surface area contributed by atoms with Crippen LogP contribution in [0.1, 0.15) is 48.0 Å². The Morgan fingerprint density at radius 1 is 1.27 bits per heavy atom. The SMILES string of the molecule is NC(=O)c1cc([N+](=O)[O-])c2c(c1)nc(NCc1ccccc1Cl)n2C[C@H]1CCCCC[C@H]1O. The van der Waals surface area contributed by atoms with E-state index in [0.717, 1.165) is 31.2 Å². The van der Waals surface area contributed by atoms with Gasteiger partial charge in [-0.1, -0.05) is 49.1 Å². The van der Waals surface area contributed by atoms with Crippen molar-refractivity contribution in [3.63, 3.8) is 0 Å². The highest BCUT2D eigenvalue weighted by Crippen LogP contribution is 2.34. The summed E-state index contributed by atoms with van der Waals surface area (Å²) in [5.74, 6) is -0.424. The summed E-state index contributed by atoms with van der Waals surface area (Å²) in [6, 6.07) is 10.0. The molecule has 3 aromatic rings. The molecule has 0 spiro atoms. The minimum absolute atomic E-state index is 0.0194. The molecule has 0 saturated heterocycles.